The normalized spacial score (nSPS) is 11.1. The highest BCUT2D eigenvalue weighted by molar-refractivity contribution is 6.10. The van der Waals surface area contributed by atoms with Crippen LogP contribution in [0.2, 0.25) is 0 Å². The molecule has 0 N–H and O–H groups in total. The molecule has 0 atom stereocenters. The van der Waals surface area contributed by atoms with Gasteiger partial charge in [-0.2, -0.15) is 4.57 Å². The Morgan fingerprint density at radius 3 is 1.85 bits per heavy atom. The predicted molar refractivity (Wildman–Crippen MR) is 117 cm³/mol. The summed E-state index contributed by atoms with van der Waals surface area (Å²) in [7, 11) is 10.5. The van der Waals surface area contributed by atoms with E-state index in [0.29, 0.717) is 0 Å². The molecule has 4 rings (SSSR count). The van der Waals surface area contributed by atoms with Gasteiger partial charge in [0.15, 0.2) is 0 Å². The van der Waals surface area contributed by atoms with Gasteiger partial charge in [-0.1, -0.05) is 24.3 Å². The maximum atomic E-state index is 2.33. The van der Waals surface area contributed by atoms with Crippen molar-refractivity contribution in [1.82, 2.24) is 0 Å². The first-order chi connectivity index (χ1) is 13.0. The molecular weight excluding hydrogens is 330 g/mol. The summed E-state index contributed by atoms with van der Waals surface area (Å²) in [6.45, 7) is 0. The van der Waals surface area contributed by atoms with E-state index in [0.717, 1.165) is 0 Å². The Labute approximate surface area is 161 Å². The molecule has 0 saturated heterocycles. The van der Waals surface area contributed by atoms with E-state index in [1.807, 2.05) is 0 Å². The van der Waals surface area contributed by atoms with Crippen LogP contribution in [0.25, 0.3) is 32.9 Å². The lowest BCUT2D eigenvalue weighted by atomic mass is 9.98. The molecule has 0 unspecified atom stereocenters. The molecule has 0 saturated carbocycles. The van der Waals surface area contributed by atoms with Gasteiger partial charge < -0.3 is 9.80 Å². The number of rotatable bonds is 3. The molecule has 3 heteroatoms. The van der Waals surface area contributed by atoms with E-state index < -0.39 is 0 Å². The first-order valence-corrected chi connectivity index (χ1v) is 9.27. The van der Waals surface area contributed by atoms with Crippen LogP contribution >= 0.6 is 0 Å². The van der Waals surface area contributed by atoms with Crippen molar-refractivity contribution in [3.05, 3.63) is 66.7 Å². The van der Waals surface area contributed by atoms with Crippen molar-refractivity contribution in [2.45, 2.75) is 0 Å². The lowest BCUT2D eigenvalue weighted by molar-refractivity contribution is -0.632. The molecular formula is C24H26N3+. The molecule has 1 heterocycles. The zero-order chi connectivity index (χ0) is 19.1. The van der Waals surface area contributed by atoms with E-state index in [9.17, 15) is 0 Å². The van der Waals surface area contributed by atoms with Gasteiger partial charge >= 0.3 is 0 Å². The molecule has 3 nitrogen and oxygen atoms in total. The molecule has 0 aliphatic carbocycles. The van der Waals surface area contributed by atoms with Gasteiger partial charge in [0.25, 0.3) is 0 Å². The molecule has 136 valence electrons. The lowest BCUT2D eigenvalue weighted by Crippen LogP contribution is -2.32. The minimum atomic E-state index is 1.21. The Hall–Kier alpha value is -3.07. The van der Waals surface area contributed by atoms with Crippen molar-refractivity contribution in [3.8, 4) is 11.3 Å². The number of aromatic nitrogens is 1. The Kier molecular flexibility index (Phi) is 4.23. The molecule has 27 heavy (non-hydrogen) atoms. The van der Waals surface area contributed by atoms with E-state index in [2.05, 4.69) is 116 Å². The van der Waals surface area contributed by atoms with Crippen LogP contribution in [0, 0.1) is 0 Å². The van der Waals surface area contributed by atoms with E-state index in [4.69, 9.17) is 0 Å². The Balaban J connectivity index is 2.18. The van der Waals surface area contributed by atoms with Crippen molar-refractivity contribution >= 4 is 33.1 Å². The summed E-state index contributed by atoms with van der Waals surface area (Å²) in [4.78, 5) is 4.31. The number of aryl methyl sites for hydroxylation is 1. The second-order valence-corrected chi connectivity index (χ2v) is 7.49. The predicted octanol–water partition coefficient (Wildman–Crippen LogP) is 4.62. The van der Waals surface area contributed by atoms with Gasteiger partial charge in [0.1, 0.15) is 7.05 Å². The van der Waals surface area contributed by atoms with E-state index >= 15 is 0 Å². The van der Waals surface area contributed by atoms with Crippen molar-refractivity contribution in [1.29, 1.82) is 0 Å². The molecule has 0 spiro atoms. The third kappa shape index (κ3) is 2.89. The van der Waals surface area contributed by atoms with Crippen LogP contribution < -0.4 is 14.4 Å². The maximum Gasteiger partial charge on any atom is 0.220 e. The monoisotopic (exact) mass is 356 g/mol. The SMILES string of the molecule is CN(C)c1ccc2c(c1)c(-c1ccccc1)[n+](C)c1cc(N(C)C)ccc21. The quantitative estimate of drug-likeness (QED) is 0.392. The number of hydrogen-bond donors (Lipinski definition) is 0. The topological polar surface area (TPSA) is 10.4 Å². The molecule has 4 aromatic rings. The number of pyridine rings is 1. The van der Waals surface area contributed by atoms with Gasteiger partial charge in [-0.05, 0) is 36.4 Å². The van der Waals surface area contributed by atoms with E-state index in [1.165, 1.54) is 44.3 Å². The Bertz CT molecular complexity index is 1130. The van der Waals surface area contributed by atoms with Gasteiger partial charge in [0.05, 0.1) is 10.8 Å². The summed E-state index contributed by atoms with van der Waals surface area (Å²) >= 11 is 0. The minimum Gasteiger partial charge on any atom is -0.378 e. The zero-order valence-corrected chi connectivity index (χ0v) is 16.7. The fourth-order valence-electron chi connectivity index (χ4n) is 3.79. The minimum absolute atomic E-state index is 1.21. The Morgan fingerprint density at radius 1 is 0.630 bits per heavy atom. The molecule has 0 aliphatic rings. The highest BCUT2D eigenvalue weighted by Gasteiger charge is 2.21. The van der Waals surface area contributed by atoms with E-state index in [-0.39, 0.29) is 0 Å². The average molecular weight is 356 g/mol. The summed E-state index contributed by atoms with van der Waals surface area (Å²) in [5.41, 5.74) is 6.14. The summed E-state index contributed by atoms with van der Waals surface area (Å²) in [5, 5.41) is 3.85. The van der Waals surface area contributed by atoms with Crippen LogP contribution in [-0.4, -0.2) is 28.2 Å². The summed E-state index contributed by atoms with van der Waals surface area (Å²) in [6, 6.07) is 24.2. The standard InChI is InChI=1S/C24H26N3/c1-25(2)18-11-13-20-21-14-12-19(26(3)4)16-23(21)27(5)24(22(20)15-18)17-9-7-6-8-10-17/h6-16H,1-5H3/q+1. The third-order valence-corrected chi connectivity index (χ3v) is 5.31. The van der Waals surface area contributed by atoms with Crippen LogP contribution in [0.4, 0.5) is 11.4 Å². The molecule has 0 fully saturated rings. The van der Waals surface area contributed by atoms with Crippen molar-refractivity contribution < 1.29 is 4.57 Å². The largest absolute Gasteiger partial charge is 0.378 e. The zero-order valence-electron chi connectivity index (χ0n) is 16.7. The van der Waals surface area contributed by atoms with Gasteiger partial charge in [0.2, 0.25) is 11.2 Å². The molecule has 0 radical (unpaired) electrons. The number of benzene rings is 3. The van der Waals surface area contributed by atoms with Crippen LogP contribution in [0.15, 0.2) is 66.7 Å². The first kappa shape index (κ1) is 17.3. The average Bonchev–Trinajstić information content (AvgIpc) is 2.68. The number of fused-ring (bicyclic) bond motifs is 3. The van der Waals surface area contributed by atoms with Gasteiger partial charge in [-0.15, -0.1) is 0 Å². The maximum absolute atomic E-state index is 2.33. The van der Waals surface area contributed by atoms with Crippen molar-refractivity contribution in [3.63, 3.8) is 0 Å². The highest BCUT2D eigenvalue weighted by atomic mass is 15.1. The second-order valence-electron chi connectivity index (χ2n) is 7.49. The molecule has 0 amide bonds. The first-order valence-electron chi connectivity index (χ1n) is 9.27. The fourth-order valence-corrected chi connectivity index (χ4v) is 3.79. The molecule has 0 bridgehead atoms. The highest BCUT2D eigenvalue weighted by Crippen LogP contribution is 2.34. The van der Waals surface area contributed by atoms with Crippen LogP contribution in [0.5, 0.6) is 0 Å². The van der Waals surface area contributed by atoms with Gasteiger partial charge in [0, 0.05) is 56.6 Å². The fraction of sp³-hybridized carbons (Fsp3) is 0.208. The summed E-state index contributed by atoms with van der Waals surface area (Å²) in [5.74, 6) is 0. The second kappa shape index (κ2) is 6.58. The van der Waals surface area contributed by atoms with Crippen LogP contribution in [0.1, 0.15) is 0 Å². The van der Waals surface area contributed by atoms with Gasteiger partial charge in [-0.3, -0.25) is 0 Å². The number of nitrogens with zero attached hydrogens (tertiary/aromatic N) is 3. The summed E-state index contributed by atoms with van der Waals surface area (Å²) in [6.07, 6.45) is 0. The number of anilines is 2. The van der Waals surface area contributed by atoms with Crippen molar-refractivity contribution in [2.24, 2.45) is 7.05 Å². The smallest absolute Gasteiger partial charge is 0.220 e. The third-order valence-electron chi connectivity index (χ3n) is 5.31. The van der Waals surface area contributed by atoms with Crippen LogP contribution in [0.3, 0.4) is 0 Å². The van der Waals surface area contributed by atoms with Crippen LogP contribution in [-0.2, 0) is 7.05 Å². The van der Waals surface area contributed by atoms with Crippen molar-refractivity contribution in [2.75, 3.05) is 38.0 Å². The summed E-state index contributed by atoms with van der Waals surface area (Å²) < 4.78 is 2.33. The molecule has 1 aromatic heterocycles. The number of hydrogen-bond acceptors (Lipinski definition) is 2. The Morgan fingerprint density at radius 2 is 1.22 bits per heavy atom. The molecule has 0 aliphatic heterocycles. The van der Waals surface area contributed by atoms with Gasteiger partial charge in [-0.25, -0.2) is 0 Å². The lowest BCUT2D eigenvalue weighted by Gasteiger charge is -2.17. The van der Waals surface area contributed by atoms with E-state index in [1.54, 1.807) is 0 Å². The molecule has 3 aromatic carbocycles.